The number of rotatable bonds is 7. The molecule has 112 valence electrons. The zero-order chi connectivity index (χ0) is 14.2. The van der Waals surface area contributed by atoms with E-state index in [1.807, 2.05) is 0 Å². The van der Waals surface area contributed by atoms with Crippen LogP contribution in [-0.4, -0.2) is 37.2 Å². The normalized spacial score (nSPS) is 16.6. The number of piperidine rings is 1. The Labute approximate surface area is 123 Å². The Balaban J connectivity index is 1.79. The van der Waals surface area contributed by atoms with Crippen molar-refractivity contribution in [3.05, 3.63) is 29.8 Å². The molecule has 0 spiro atoms. The van der Waals surface area contributed by atoms with Crippen LogP contribution >= 0.6 is 0 Å². The summed E-state index contributed by atoms with van der Waals surface area (Å²) in [4.78, 5) is 2.51. The first-order chi connectivity index (χ1) is 9.75. The molecule has 0 bridgehead atoms. The van der Waals surface area contributed by atoms with Gasteiger partial charge < -0.3 is 10.1 Å². The fraction of sp³-hybridized carbons (Fsp3) is 0.647. The van der Waals surface area contributed by atoms with Gasteiger partial charge in [0.2, 0.25) is 0 Å². The average molecular weight is 276 g/mol. The van der Waals surface area contributed by atoms with Crippen molar-refractivity contribution in [2.75, 3.05) is 26.2 Å². The Bertz CT molecular complexity index is 386. The van der Waals surface area contributed by atoms with Crippen LogP contribution in [0.5, 0.6) is 5.75 Å². The van der Waals surface area contributed by atoms with E-state index in [1.54, 1.807) is 0 Å². The molecule has 0 saturated carbocycles. The molecule has 1 aromatic carbocycles. The first kappa shape index (κ1) is 15.3. The zero-order valence-corrected chi connectivity index (χ0v) is 12.9. The van der Waals surface area contributed by atoms with Crippen LogP contribution in [0, 0.1) is 0 Å². The largest absolute Gasteiger partial charge is 0.492 e. The van der Waals surface area contributed by atoms with E-state index in [4.69, 9.17) is 4.74 Å². The number of hydrogen-bond donors (Lipinski definition) is 1. The number of likely N-dealkylation sites (tertiary alicyclic amines) is 1. The molecule has 3 nitrogen and oxygen atoms in total. The predicted octanol–water partition coefficient (Wildman–Crippen LogP) is 3.05. The van der Waals surface area contributed by atoms with Crippen molar-refractivity contribution in [3.8, 4) is 5.75 Å². The first-order valence-corrected chi connectivity index (χ1v) is 7.92. The molecule has 0 atom stereocenters. The van der Waals surface area contributed by atoms with Crippen molar-refractivity contribution < 1.29 is 4.74 Å². The van der Waals surface area contributed by atoms with Gasteiger partial charge in [0.15, 0.2) is 0 Å². The Morgan fingerprint density at radius 3 is 2.65 bits per heavy atom. The molecule has 1 aromatic rings. The molecule has 0 radical (unpaired) electrons. The SMILES string of the molecule is CC(C)NCc1ccccc1OCCN1CCCCC1. The molecule has 1 saturated heterocycles. The maximum Gasteiger partial charge on any atom is 0.123 e. The highest BCUT2D eigenvalue weighted by atomic mass is 16.5. The van der Waals surface area contributed by atoms with Crippen LogP contribution in [0.4, 0.5) is 0 Å². The third-order valence-electron chi connectivity index (χ3n) is 3.79. The van der Waals surface area contributed by atoms with Gasteiger partial charge in [0.1, 0.15) is 12.4 Å². The maximum atomic E-state index is 5.99. The van der Waals surface area contributed by atoms with E-state index < -0.39 is 0 Å². The van der Waals surface area contributed by atoms with Gasteiger partial charge in [0, 0.05) is 24.7 Å². The van der Waals surface area contributed by atoms with Crippen LogP contribution in [-0.2, 0) is 6.54 Å². The van der Waals surface area contributed by atoms with Crippen LogP contribution in [0.1, 0.15) is 38.7 Å². The summed E-state index contributed by atoms with van der Waals surface area (Å²) in [6.07, 6.45) is 4.07. The lowest BCUT2D eigenvalue weighted by molar-refractivity contribution is 0.182. The quantitative estimate of drug-likeness (QED) is 0.828. The van der Waals surface area contributed by atoms with Crippen LogP contribution in [0.3, 0.4) is 0 Å². The lowest BCUT2D eigenvalue weighted by Gasteiger charge is -2.26. The highest BCUT2D eigenvalue weighted by Gasteiger charge is 2.10. The van der Waals surface area contributed by atoms with E-state index in [1.165, 1.54) is 37.9 Å². The fourth-order valence-electron chi connectivity index (χ4n) is 2.57. The maximum absolute atomic E-state index is 5.99. The number of para-hydroxylation sites is 1. The molecule has 0 unspecified atom stereocenters. The molecule has 1 aliphatic heterocycles. The van der Waals surface area contributed by atoms with Crippen molar-refractivity contribution in [2.24, 2.45) is 0 Å². The van der Waals surface area contributed by atoms with Gasteiger partial charge in [-0.25, -0.2) is 0 Å². The van der Waals surface area contributed by atoms with Crippen LogP contribution in [0.25, 0.3) is 0 Å². The third-order valence-corrected chi connectivity index (χ3v) is 3.79. The summed E-state index contributed by atoms with van der Waals surface area (Å²) >= 11 is 0. The van der Waals surface area contributed by atoms with Gasteiger partial charge in [0.25, 0.3) is 0 Å². The molecule has 0 aliphatic carbocycles. The highest BCUT2D eigenvalue weighted by molar-refractivity contribution is 5.33. The Morgan fingerprint density at radius 2 is 1.90 bits per heavy atom. The van der Waals surface area contributed by atoms with Crippen LogP contribution < -0.4 is 10.1 Å². The minimum absolute atomic E-state index is 0.497. The van der Waals surface area contributed by atoms with E-state index in [9.17, 15) is 0 Å². The molecule has 1 heterocycles. The van der Waals surface area contributed by atoms with Gasteiger partial charge in [-0.05, 0) is 32.0 Å². The minimum atomic E-state index is 0.497. The topological polar surface area (TPSA) is 24.5 Å². The molecular weight excluding hydrogens is 248 g/mol. The number of nitrogens with one attached hydrogen (secondary N) is 1. The number of ether oxygens (including phenoxy) is 1. The standard InChI is InChI=1S/C17H28N2O/c1-15(2)18-14-16-8-4-5-9-17(16)20-13-12-19-10-6-3-7-11-19/h4-5,8-9,15,18H,3,6-7,10-14H2,1-2H3. The van der Waals surface area contributed by atoms with Crippen molar-refractivity contribution in [3.63, 3.8) is 0 Å². The summed E-state index contributed by atoms with van der Waals surface area (Å²) in [7, 11) is 0. The summed E-state index contributed by atoms with van der Waals surface area (Å²) in [6, 6.07) is 8.85. The zero-order valence-electron chi connectivity index (χ0n) is 12.9. The molecule has 2 rings (SSSR count). The summed E-state index contributed by atoms with van der Waals surface area (Å²) in [6.45, 7) is 9.52. The van der Waals surface area contributed by atoms with Gasteiger partial charge in [-0.1, -0.05) is 38.5 Å². The van der Waals surface area contributed by atoms with Crippen LogP contribution in [0.2, 0.25) is 0 Å². The Morgan fingerprint density at radius 1 is 1.15 bits per heavy atom. The fourth-order valence-corrected chi connectivity index (χ4v) is 2.57. The lowest BCUT2D eigenvalue weighted by Crippen LogP contribution is -2.33. The number of hydrogen-bond acceptors (Lipinski definition) is 3. The summed E-state index contributed by atoms with van der Waals surface area (Å²) < 4.78 is 5.99. The lowest BCUT2D eigenvalue weighted by atomic mass is 10.1. The molecule has 3 heteroatoms. The van der Waals surface area contributed by atoms with Crippen molar-refractivity contribution in [1.82, 2.24) is 10.2 Å². The van der Waals surface area contributed by atoms with E-state index in [-0.39, 0.29) is 0 Å². The smallest absolute Gasteiger partial charge is 0.123 e. The monoisotopic (exact) mass is 276 g/mol. The number of nitrogens with zero attached hydrogens (tertiary/aromatic N) is 1. The van der Waals surface area contributed by atoms with Gasteiger partial charge in [-0.3, -0.25) is 4.90 Å². The summed E-state index contributed by atoms with van der Waals surface area (Å²) in [5.41, 5.74) is 1.25. The van der Waals surface area contributed by atoms with Gasteiger partial charge >= 0.3 is 0 Å². The average Bonchev–Trinajstić information content (AvgIpc) is 2.47. The van der Waals surface area contributed by atoms with Gasteiger partial charge in [0.05, 0.1) is 0 Å². The first-order valence-electron chi connectivity index (χ1n) is 7.92. The van der Waals surface area contributed by atoms with Crippen molar-refractivity contribution in [1.29, 1.82) is 0 Å². The van der Waals surface area contributed by atoms with E-state index in [0.717, 1.165) is 25.4 Å². The van der Waals surface area contributed by atoms with E-state index in [0.29, 0.717) is 6.04 Å². The molecule has 0 amide bonds. The number of benzene rings is 1. The molecular formula is C17H28N2O. The summed E-state index contributed by atoms with van der Waals surface area (Å²) in [5, 5.41) is 3.45. The van der Waals surface area contributed by atoms with Gasteiger partial charge in [-0.2, -0.15) is 0 Å². The van der Waals surface area contributed by atoms with E-state index in [2.05, 4.69) is 48.3 Å². The molecule has 1 fully saturated rings. The molecule has 1 N–H and O–H groups in total. The third kappa shape index (κ3) is 5.14. The Hall–Kier alpha value is -1.06. The summed E-state index contributed by atoms with van der Waals surface area (Å²) in [5.74, 6) is 1.03. The van der Waals surface area contributed by atoms with Crippen molar-refractivity contribution in [2.45, 2.75) is 45.7 Å². The predicted molar refractivity (Wildman–Crippen MR) is 84.2 cm³/mol. The van der Waals surface area contributed by atoms with E-state index >= 15 is 0 Å². The molecule has 0 aromatic heterocycles. The second-order valence-corrected chi connectivity index (χ2v) is 5.89. The second-order valence-electron chi connectivity index (χ2n) is 5.89. The second kappa shape index (κ2) is 8.28. The minimum Gasteiger partial charge on any atom is -0.492 e. The Kier molecular flexibility index (Phi) is 6.34. The van der Waals surface area contributed by atoms with Gasteiger partial charge in [-0.15, -0.1) is 0 Å². The van der Waals surface area contributed by atoms with Crippen molar-refractivity contribution >= 4 is 0 Å². The molecule has 1 aliphatic rings. The highest BCUT2D eigenvalue weighted by Crippen LogP contribution is 2.18. The molecule has 20 heavy (non-hydrogen) atoms. The van der Waals surface area contributed by atoms with Crippen LogP contribution in [0.15, 0.2) is 24.3 Å².